The maximum absolute atomic E-state index is 12.2. The van der Waals surface area contributed by atoms with Crippen LogP contribution in [-0.2, 0) is 9.59 Å². The summed E-state index contributed by atoms with van der Waals surface area (Å²) in [4.78, 5) is 23.2. The molecule has 0 aliphatic heterocycles. The van der Waals surface area contributed by atoms with Gasteiger partial charge in [0.1, 0.15) is 0 Å². The minimum absolute atomic E-state index is 0.0123. The third-order valence-corrected chi connectivity index (χ3v) is 4.81. The minimum Gasteiger partial charge on any atom is -0.481 e. The molecule has 0 heterocycles. The van der Waals surface area contributed by atoms with E-state index >= 15 is 0 Å². The van der Waals surface area contributed by atoms with Gasteiger partial charge in [-0.3, -0.25) is 9.59 Å². The number of carbonyl (C=O) groups is 2. The lowest BCUT2D eigenvalue weighted by Gasteiger charge is -2.19. The van der Waals surface area contributed by atoms with Crippen LogP contribution in [-0.4, -0.2) is 23.0 Å². The van der Waals surface area contributed by atoms with Gasteiger partial charge in [-0.2, -0.15) is 0 Å². The van der Waals surface area contributed by atoms with Gasteiger partial charge in [0, 0.05) is 12.0 Å². The van der Waals surface area contributed by atoms with Gasteiger partial charge in [0.05, 0.1) is 5.92 Å². The molecule has 3 unspecified atom stereocenters. The summed E-state index contributed by atoms with van der Waals surface area (Å²) in [6.07, 6.45) is 12.3. The fraction of sp³-hybridized carbons (Fsp3) is 0.900. The van der Waals surface area contributed by atoms with Crippen LogP contribution >= 0.6 is 0 Å². The molecule has 0 aliphatic carbocycles. The second-order valence-corrected chi connectivity index (χ2v) is 7.25. The number of carbonyl (C=O) groups excluding carboxylic acids is 1. The van der Waals surface area contributed by atoms with Gasteiger partial charge in [-0.05, 0) is 26.2 Å². The Morgan fingerprint density at radius 1 is 0.917 bits per heavy atom. The Labute approximate surface area is 148 Å². The van der Waals surface area contributed by atoms with Crippen LogP contribution in [0, 0.1) is 11.8 Å². The lowest BCUT2D eigenvalue weighted by molar-refractivity contribution is -0.142. The predicted octanol–water partition coefficient (Wildman–Crippen LogP) is 5.16. The predicted molar refractivity (Wildman–Crippen MR) is 100 cm³/mol. The molecular weight excluding hydrogens is 302 g/mol. The van der Waals surface area contributed by atoms with Crippen LogP contribution in [0.5, 0.6) is 0 Å². The van der Waals surface area contributed by atoms with Crippen molar-refractivity contribution in [2.75, 3.05) is 0 Å². The summed E-state index contributed by atoms with van der Waals surface area (Å²) in [5, 5.41) is 12.1. The smallest absolute Gasteiger partial charge is 0.306 e. The lowest BCUT2D eigenvalue weighted by Crippen LogP contribution is -2.37. The number of rotatable bonds is 15. The van der Waals surface area contributed by atoms with Crippen molar-refractivity contribution < 1.29 is 14.7 Å². The van der Waals surface area contributed by atoms with Crippen molar-refractivity contribution in [1.29, 1.82) is 0 Å². The summed E-state index contributed by atoms with van der Waals surface area (Å²) in [6, 6.07) is 0.171. The van der Waals surface area contributed by atoms with E-state index < -0.39 is 11.9 Å². The quantitative estimate of drug-likeness (QED) is 0.404. The van der Waals surface area contributed by atoms with Gasteiger partial charge < -0.3 is 10.4 Å². The van der Waals surface area contributed by atoms with E-state index in [-0.39, 0.29) is 17.9 Å². The molecule has 0 saturated heterocycles. The van der Waals surface area contributed by atoms with Crippen molar-refractivity contribution in [3.63, 3.8) is 0 Å². The number of hydrogen-bond acceptors (Lipinski definition) is 2. The highest BCUT2D eigenvalue weighted by molar-refractivity contribution is 5.79. The second kappa shape index (κ2) is 14.3. The van der Waals surface area contributed by atoms with Gasteiger partial charge in [-0.1, -0.05) is 72.1 Å². The molecule has 0 aromatic heterocycles. The van der Waals surface area contributed by atoms with Gasteiger partial charge in [-0.15, -0.1) is 0 Å². The Morgan fingerprint density at radius 3 is 1.96 bits per heavy atom. The number of carboxylic acids is 1. The van der Waals surface area contributed by atoms with E-state index in [1.165, 1.54) is 44.9 Å². The molecule has 4 nitrogen and oxygen atoms in total. The topological polar surface area (TPSA) is 66.4 Å². The third kappa shape index (κ3) is 11.5. The monoisotopic (exact) mass is 341 g/mol. The maximum Gasteiger partial charge on any atom is 0.306 e. The van der Waals surface area contributed by atoms with E-state index in [4.69, 9.17) is 5.11 Å². The zero-order valence-corrected chi connectivity index (χ0v) is 16.3. The number of hydrogen-bond donors (Lipinski definition) is 2. The normalized spacial score (nSPS) is 14.8. The highest BCUT2D eigenvalue weighted by atomic mass is 16.4. The Balaban J connectivity index is 3.80. The molecule has 3 atom stereocenters. The molecule has 0 aromatic carbocycles. The number of carboxylic acid groups (broad SMARTS) is 1. The van der Waals surface area contributed by atoms with Crippen LogP contribution in [0.25, 0.3) is 0 Å². The molecule has 24 heavy (non-hydrogen) atoms. The first kappa shape index (κ1) is 22.9. The molecule has 0 aromatic rings. The maximum atomic E-state index is 12.2. The van der Waals surface area contributed by atoms with Crippen LogP contribution in [0.15, 0.2) is 0 Å². The lowest BCUT2D eigenvalue weighted by atomic mass is 9.93. The Morgan fingerprint density at radius 2 is 1.46 bits per heavy atom. The van der Waals surface area contributed by atoms with Crippen molar-refractivity contribution in [1.82, 2.24) is 5.32 Å². The first-order chi connectivity index (χ1) is 11.4. The molecule has 0 radical (unpaired) electrons. The molecule has 0 fully saturated rings. The van der Waals surface area contributed by atoms with Crippen molar-refractivity contribution in [3.05, 3.63) is 0 Å². The second-order valence-electron chi connectivity index (χ2n) is 7.25. The van der Waals surface area contributed by atoms with Gasteiger partial charge in [-0.25, -0.2) is 0 Å². The van der Waals surface area contributed by atoms with Crippen LogP contribution in [0.3, 0.4) is 0 Å². The first-order valence-electron chi connectivity index (χ1n) is 9.95. The summed E-state index contributed by atoms with van der Waals surface area (Å²) in [6.45, 7) is 7.96. The van der Waals surface area contributed by atoms with Crippen molar-refractivity contribution in [3.8, 4) is 0 Å². The fourth-order valence-corrected chi connectivity index (χ4v) is 3.02. The van der Waals surface area contributed by atoms with Crippen LogP contribution in [0.2, 0.25) is 0 Å². The minimum atomic E-state index is -0.802. The van der Waals surface area contributed by atoms with Crippen LogP contribution < -0.4 is 5.32 Å². The van der Waals surface area contributed by atoms with E-state index in [1.807, 2.05) is 20.8 Å². The molecule has 0 saturated carbocycles. The van der Waals surface area contributed by atoms with E-state index in [0.717, 1.165) is 12.8 Å². The fourth-order valence-electron chi connectivity index (χ4n) is 3.02. The molecule has 0 bridgehead atoms. The Kier molecular flexibility index (Phi) is 13.7. The molecular formula is C20H39NO3. The first-order valence-corrected chi connectivity index (χ1v) is 9.95. The summed E-state index contributed by atoms with van der Waals surface area (Å²) < 4.78 is 0. The summed E-state index contributed by atoms with van der Waals surface area (Å²) in [7, 11) is 0. The zero-order chi connectivity index (χ0) is 18.4. The van der Waals surface area contributed by atoms with Crippen LogP contribution in [0.1, 0.15) is 98.3 Å². The third-order valence-electron chi connectivity index (χ3n) is 4.81. The largest absolute Gasteiger partial charge is 0.481 e. The summed E-state index contributed by atoms with van der Waals surface area (Å²) in [5.41, 5.74) is 0. The molecule has 0 aliphatic rings. The van der Waals surface area contributed by atoms with E-state index in [9.17, 15) is 9.59 Å². The average molecular weight is 342 g/mol. The molecule has 2 N–H and O–H groups in total. The number of nitrogens with one attached hydrogen (secondary N) is 1. The van der Waals surface area contributed by atoms with Gasteiger partial charge in [0.25, 0.3) is 0 Å². The van der Waals surface area contributed by atoms with Crippen LogP contribution in [0.4, 0.5) is 0 Å². The molecule has 142 valence electrons. The van der Waals surface area contributed by atoms with Gasteiger partial charge in [0.15, 0.2) is 0 Å². The zero-order valence-electron chi connectivity index (χ0n) is 16.3. The standard InChI is InChI=1S/C20H39NO3/c1-5-7-8-9-10-11-12-13-14-17(4)21-19(22)16(3)15-18(6-2)20(23)24/h16-18H,5-15H2,1-4H3,(H,21,22)(H,23,24). The van der Waals surface area contributed by atoms with Crippen molar-refractivity contribution in [2.24, 2.45) is 11.8 Å². The molecule has 0 rings (SSSR count). The van der Waals surface area contributed by atoms with E-state index in [1.54, 1.807) is 0 Å². The summed E-state index contributed by atoms with van der Waals surface area (Å²) >= 11 is 0. The Bertz CT molecular complexity index is 344. The highest BCUT2D eigenvalue weighted by Gasteiger charge is 2.23. The molecule has 0 spiro atoms. The SMILES string of the molecule is CCCCCCCCCCC(C)NC(=O)C(C)CC(CC)C(=O)O. The molecule has 4 heteroatoms. The van der Waals surface area contributed by atoms with Crippen molar-refractivity contribution in [2.45, 2.75) is 104 Å². The number of amides is 1. The van der Waals surface area contributed by atoms with Gasteiger partial charge in [0.2, 0.25) is 5.91 Å². The Hall–Kier alpha value is -1.06. The number of aliphatic carboxylic acids is 1. The molecule has 1 amide bonds. The number of unbranched alkanes of at least 4 members (excludes halogenated alkanes) is 7. The summed E-state index contributed by atoms with van der Waals surface area (Å²) in [5.74, 6) is -1.48. The van der Waals surface area contributed by atoms with Gasteiger partial charge >= 0.3 is 5.97 Å². The van der Waals surface area contributed by atoms with E-state index in [2.05, 4.69) is 12.2 Å². The average Bonchev–Trinajstić information content (AvgIpc) is 2.54. The highest BCUT2D eigenvalue weighted by Crippen LogP contribution is 2.17. The van der Waals surface area contributed by atoms with E-state index in [0.29, 0.717) is 12.8 Å². The van der Waals surface area contributed by atoms with Crippen molar-refractivity contribution >= 4 is 11.9 Å².